The quantitative estimate of drug-likeness (QED) is 0.826. The summed E-state index contributed by atoms with van der Waals surface area (Å²) < 4.78 is 39.1. The van der Waals surface area contributed by atoms with Gasteiger partial charge in [0.2, 0.25) is 11.8 Å². The van der Waals surface area contributed by atoms with Gasteiger partial charge in [0.25, 0.3) is 0 Å². The third-order valence-corrected chi connectivity index (χ3v) is 4.72. The summed E-state index contributed by atoms with van der Waals surface area (Å²) in [6.45, 7) is 0. The monoisotopic (exact) mass is 393 g/mol. The van der Waals surface area contributed by atoms with Crippen molar-refractivity contribution in [2.75, 3.05) is 5.32 Å². The minimum absolute atomic E-state index is 0.0363. The lowest BCUT2D eigenvalue weighted by molar-refractivity contribution is -0.137. The number of carbonyl (C=O) groups excluding carboxylic acids is 2. The fourth-order valence-corrected chi connectivity index (χ4v) is 3.40. The van der Waals surface area contributed by atoms with Gasteiger partial charge in [-0.15, -0.1) is 0 Å². The second-order valence-electron chi connectivity index (χ2n) is 5.65. The number of amidine groups is 1. The Labute approximate surface area is 157 Å². The molecule has 1 aliphatic rings. The van der Waals surface area contributed by atoms with Crippen molar-refractivity contribution in [3.63, 3.8) is 0 Å². The first kappa shape index (κ1) is 19.0. The van der Waals surface area contributed by atoms with E-state index < -0.39 is 22.9 Å². The van der Waals surface area contributed by atoms with Crippen molar-refractivity contribution in [1.29, 1.82) is 0 Å². The van der Waals surface area contributed by atoms with Crippen LogP contribution in [0.5, 0.6) is 0 Å². The lowest BCUT2D eigenvalue weighted by Gasteiger charge is -2.09. The predicted molar refractivity (Wildman–Crippen MR) is 97.7 cm³/mol. The number of hydrogen-bond acceptors (Lipinski definition) is 4. The van der Waals surface area contributed by atoms with E-state index in [9.17, 15) is 22.8 Å². The van der Waals surface area contributed by atoms with E-state index in [-0.39, 0.29) is 23.2 Å². The minimum Gasteiger partial charge on any atom is -0.326 e. The van der Waals surface area contributed by atoms with Crippen molar-refractivity contribution in [2.24, 2.45) is 4.99 Å². The van der Waals surface area contributed by atoms with E-state index >= 15 is 0 Å². The van der Waals surface area contributed by atoms with E-state index in [1.54, 1.807) is 30.3 Å². The number of amides is 2. The van der Waals surface area contributed by atoms with Gasteiger partial charge in [-0.25, -0.2) is 4.99 Å². The van der Waals surface area contributed by atoms with Crippen LogP contribution in [0.2, 0.25) is 0 Å². The summed E-state index contributed by atoms with van der Waals surface area (Å²) in [5.41, 5.74) is -0.585. The zero-order valence-electron chi connectivity index (χ0n) is 13.8. The van der Waals surface area contributed by atoms with Crippen molar-refractivity contribution in [3.05, 3.63) is 60.2 Å². The molecule has 9 heteroatoms. The number of rotatable bonds is 4. The highest BCUT2D eigenvalue weighted by molar-refractivity contribution is 8.15. The second-order valence-corrected chi connectivity index (χ2v) is 6.84. The Balaban J connectivity index is 1.69. The second kappa shape index (κ2) is 7.83. The maximum Gasteiger partial charge on any atom is 0.418 e. The van der Waals surface area contributed by atoms with Crippen LogP contribution < -0.4 is 10.6 Å². The van der Waals surface area contributed by atoms with Gasteiger partial charge < -0.3 is 10.6 Å². The molecule has 0 aliphatic carbocycles. The molecule has 2 N–H and O–H groups in total. The number of carbonyl (C=O) groups is 2. The smallest absolute Gasteiger partial charge is 0.326 e. The largest absolute Gasteiger partial charge is 0.418 e. The van der Waals surface area contributed by atoms with Gasteiger partial charge in [0, 0.05) is 12.1 Å². The fourth-order valence-electron chi connectivity index (χ4n) is 2.41. The number of benzene rings is 2. The van der Waals surface area contributed by atoms with Gasteiger partial charge in [-0.05, 0) is 24.3 Å². The number of thioether (sulfide) groups is 1. The molecule has 1 fully saturated rings. The van der Waals surface area contributed by atoms with Crippen LogP contribution in [-0.2, 0) is 15.8 Å². The summed E-state index contributed by atoms with van der Waals surface area (Å²) >= 11 is 0.933. The maximum absolute atomic E-state index is 13.0. The number of hydrogen-bond donors (Lipinski definition) is 2. The van der Waals surface area contributed by atoms with Crippen LogP contribution in [0.4, 0.5) is 24.5 Å². The molecule has 0 unspecified atom stereocenters. The summed E-state index contributed by atoms with van der Waals surface area (Å²) in [5, 5.41) is 4.37. The molecule has 0 spiro atoms. The molecule has 2 amide bonds. The SMILES string of the molecule is O=C(C[C@@H]1SC(=Nc2ccccc2C(F)(F)F)NC1=O)Nc1ccccc1. The molecular weight excluding hydrogens is 379 g/mol. The molecule has 140 valence electrons. The Bertz CT molecular complexity index is 885. The third kappa shape index (κ3) is 4.88. The summed E-state index contributed by atoms with van der Waals surface area (Å²) in [7, 11) is 0. The highest BCUT2D eigenvalue weighted by atomic mass is 32.2. The van der Waals surface area contributed by atoms with E-state index in [2.05, 4.69) is 15.6 Å². The van der Waals surface area contributed by atoms with Crippen LogP contribution >= 0.6 is 11.8 Å². The standard InChI is InChI=1S/C18H14F3N3O2S/c19-18(20,21)12-8-4-5-9-13(12)23-17-24-16(26)14(27-17)10-15(25)22-11-6-2-1-3-7-11/h1-9,14H,10H2,(H,22,25)(H,23,24,26)/t14-/m0/s1. The molecule has 0 bridgehead atoms. The van der Waals surface area contributed by atoms with Gasteiger partial charge in [0.1, 0.15) is 5.25 Å². The van der Waals surface area contributed by atoms with Gasteiger partial charge in [0.15, 0.2) is 5.17 Å². The molecule has 2 aromatic carbocycles. The first-order valence-electron chi connectivity index (χ1n) is 7.90. The molecule has 1 aliphatic heterocycles. The predicted octanol–water partition coefficient (Wildman–Crippen LogP) is 3.95. The highest BCUT2D eigenvalue weighted by Gasteiger charge is 2.35. The van der Waals surface area contributed by atoms with Crippen LogP contribution in [-0.4, -0.2) is 22.2 Å². The Morgan fingerprint density at radius 3 is 2.48 bits per heavy atom. The number of alkyl halides is 3. The topological polar surface area (TPSA) is 70.6 Å². The zero-order valence-corrected chi connectivity index (χ0v) is 14.6. The normalized spacial score (nSPS) is 18.4. The van der Waals surface area contributed by atoms with Crippen LogP contribution in [0.1, 0.15) is 12.0 Å². The molecule has 27 heavy (non-hydrogen) atoms. The molecule has 0 saturated carbocycles. The molecule has 1 atom stereocenters. The lowest BCUT2D eigenvalue weighted by Crippen LogP contribution is -2.28. The summed E-state index contributed by atoms with van der Waals surface area (Å²) in [4.78, 5) is 28.0. The minimum atomic E-state index is -4.55. The Morgan fingerprint density at radius 2 is 1.78 bits per heavy atom. The first-order chi connectivity index (χ1) is 12.8. The summed E-state index contributed by atoms with van der Waals surface area (Å²) in [6, 6.07) is 13.6. The van der Waals surface area contributed by atoms with Gasteiger partial charge >= 0.3 is 6.18 Å². The molecule has 0 aromatic heterocycles. The maximum atomic E-state index is 13.0. The number of nitrogens with zero attached hydrogens (tertiary/aromatic N) is 1. The zero-order chi connectivity index (χ0) is 19.4. The van der Waals surface area contributed by atoms with Gasteiger partial charge in [-0.3, -0.25) is 9.59 Å². The molecule has 1 saturated heterocycles. The third-order valence-electron chi connectivity index (χ3n) is 3.64. The first-order valence-corrected chi connectivity index (χ1v) is 8.78. The van der Waals surface area contributed by atoms with E-state index in [1.165, 1.54) is 18.2 Å². The number of anilines is 1. The van der Waals surface area contributed by atoms with Gasteiger partial charge in [-0.2, -0.15) is 13.2 Å². The van der Waals surface area contributed by atoms with Crippen molar-refractivity contribution < 1.29 is 22.8 Å². The Morgan fingerprint density at radius 1 is 1.11 bits per heavy atom. The van der Waals surface area contributed by atoms with E-state index in [0.717, 1.165) is 17.8 Å². The molecular formula is C18H14F3N3O2S. The van der Waals surface area contributed by atoms with Crippen molar-refractivity contribution in [2.45, 2.75) is 17.8 Å². The van der Waals surface area contributed by atoms with Crippen LogP contribution in [0.3, 0.4) is 0 Å². The highest BCUT2D eigenvalue weighted by Crippen LogP contribution is 2.37. The average molecular weight is 393 g/mol. The van der Waals surface area contributed by atoms with Crippen LogP contribution in [0, 0.1) is 0 Å². The lowest BCUT2D eigenvalue weighted by atomic mass is 10.2. The van der Waals surface area contributed by atoms with E-state index in [0.29, 0.717) is 5.69 Å². The molecule has 1 heterocycles. The average Bonchev–Trinajstić information content (AvgIpc) is 2.94. The van der Waals surface area contributed by atoms with E-state index in [1.807, 2.05) is 0 Å². The van der Waals surface area contributed by atoms with Crippen LogP contribution in [0.15, 0.2) is 59.6 Å². The summed E-state index contributed by atoms with van der Waals surface area (Å²) in [5.74, 6) is -0.836. The molecule has 0 radical (unpaired) electrons. The number of nitrogens with one attached hydrogen (secondary N) is 2. The summed E-state index contributed by atoms with van der Waals surface area (Å²) in [6.07, 6.45) is -4.67. The fraction of sp³-hybridized carbons (Fsp3) is 0.167. The Hall–Kier alpha value is -2.81. The van der Waals surface area contributed by atoms with Crippen molar-refractivity contribution >= 4 is 40.1 Å². The number of para-hydroxylation sites is 2. The van der Waals surface area contributed by atoms with Gasteiger partial charge in [-0.1, -0.05) is 42.1 Å². The number of aliphatic imine (C=N–C) groups is 1. The molecule has 3 rings (SSSR count). The molecule has 5 nitrogen and oxygen atoms in total. The van der Waals surface area contributed by atoms with Crippen molar-refractivity contribution in [1.82, 2.24) is 5.32 Å². The van der Waals surface area contributed by atoms with E-state index in [4.69, 9.17) is 0 Å². The van der Waals surface area contributed by atoms with Crippen molar-refractivity contribution in [3.8, 4) is 0 Å². The number of halogens is 3. The Kier molecular flexibility index (Phi) is 5.50. The van der Waals surface area contributed by atoms with Crippen LogP contribution in [0.25, 0.3) is 0 Å². The molecule has 2 aromatic rings. The van der Waals surface area contributed by atoms with Gasteiger partial charge in [0.05, 0.1) is 11.3 Å².